The molecule has 1 amide bonds. The molecule has 0 fully saturated rings. The third kappa shape index (κ3) is 3.74. The van der Waals surface area contributed by atoms with Gasteiger partial charge in [0.2, 0.25) is 0 Å². The number of benzene rings is 3. The Labute approximate surface area is 142 Å². The zero-order chi connectivity index (χ0) is 16.8. The van der Waals surface area contributed by atoms with Crippen LogP contribution in [0, 0.1) is 0 Å². The summed E-state index contributed by atoms with van der Waals surface area (Å²) in [4.78, 5) is 12.5. The molecule has 3 aromatic carbocycles. The Morgan fingerprint density at radius 2 is 1.67 bits per heavy atom. The molecular weight excluding hydrogens is 298 g/mol. The van der Waals surface area contributed by atoms with Gasteiger partial charge in [-0.15, -0.1) is 0 Å². The highest BCUT2D eigenvalue weighted by Gasteiger charge is 2.18. The first-order chi connectivity index (χ1) is 11.8. The normalized spacial score (nSPS) is 11.9. The van der Waals surface area contributed by atoms with Gasteiger partial charge in [-0.3, -0.25) is 4.79 Å². The highest BCUT2D eigenvalue weighted by atomic mass is 16.5. The van der Waals surface area contributed by atoms with Crippen molar-refractivity contribution in [1.29, 1.82) is 0 Å². The molecular formula is C21H21NO2. The Morgan fingerprint density at radius 1 is 0.958 bits per heavy atom. The average Bonchev–Trinajstić information content (AvgIpc) is 2.65. The van der Waals surface area contributed by atoms with E-state index in [-0.39, 0.29) is 5.91 Å². The molecule has 0 aliphatic rings. The number of hydrogen-bond acceptors (Lipinski definition) is 2. The van der Waals surface area contributed by atoms with Crippen LogP contribution in [-0.2, 0) is 11.3 Å². The molecule has 1 N–H and O–H groups in total. The summed E-state index contributed by atoms with van der Waals surface area (Å²) in [5.41, 5.74) is 1.07. The molecule has 0 aliphatic heterocycles. The minimum atomic E-state index is -0.500. The van der Waals surface area contributed by atoms with Crippen LogP contribution in [0.5, 0.6) is 5.75 Å². The van der Waals surface area contributed by atoms with Gasteiger partial charge in [0.15, 0.2) is 6.10 Å². The van der Waals surface area contributed by atoms with Crippen LogP contribution in [0.25, 0.3) is 10.8 Å². The van der Waals surface area contributed by atoms with E-state index in [1.165, 1.54) is 0 Å². The third-order valence-electron chi connectivity index (χ3n) is 3.99. The van der Waals surface area contributed by atoms with Gasteiger partial charge in [-0.05, 0) is 23.4 Å². The van der Waals surface area contributed by atoms with Crippen LogP contribution in [0.4, 0.5) is 0 Å². The lowest BCUT2D eigenvalue weighted by atomic mass is 10.1. The summed E-state index contributed by atoms with van der Waals surface area (Å²) in [6.07, 6.45) is 0.114. The Bertz CT molecular complexity index is 809. The number of hydrogen-bond donors (Lipinski definition) is 1. The predicted octanol–water partition coefficient (Wildman–Crippen LogP) is 4.31. The molecule has 0 heterocycles. The number of carbonyl (C=O) groups is 1. The van der Waals surface area contributed by atoms with Gasteiger partial charge in [0, 0.05) is 11.9 Å². The summed E-state index contributed by atoms with van der Waals surface area (Å²) in [5.74, 6) is 0.657. The average molecular weight is 319 g/mol. The summed E-state index contributed by atoms with van der Waals surface area (Å²) >= 11 is 0. The molecule has 0 aromatic heterocycles. The van der Waals surface area contributed by atoms with Crippen molar-refractivity contribution in [1.82, 2.24) is 5.32 Å². The van der Waals surface area contributed by atoms with Crippen LogP contribution in [0.2, 0.25) is 0 Å². The number of carbonyl (C=O) groups excluding carboxylic acids is 1. The van der Waals surface area contributed by atoms with Gasteiger partial charge in [-0.25, -0.2) is 0 Å². The second kappa shape index (κ2) is 7.64. The van der Waals surface area contributed by atoms with E-state index in [1.54, 1.807) is 0 Å². The van der Waals surface area contributed by atoms with Crippen molar-refractivity contribution in [2.45, 2.75) is 26.0 Å². The van der Waals surface area contributed by atoms with Crippen molar-refractivity contribution < 1.29 is 9.53 Å². The SMILES string of the molecule is CC[C@@H](Oc1cccc2ccccc12)C(=O)NCc1ccccc1. The maximum Gasteiger partial charge on any atom is 0.261 e. The molecule has 0 spiro atoms. The second-order valence-electron chi connectivity index (χ2n) is 5.70. The van der Waals surface area contributed by atoms with Crippen LogP contribution in [0.3, 0.4) is 0 Å². The fourth-order valence-electron chi connectivity index (χ4n) is 2.67. The van der Waals surface area contributed by atoms with Crippen molar-refractivity contribution >= 4 is 16.7 Å². The van der Waals surface area contributed by atoms with Crippen LogP contribution in [-0.4, -0.2) is 12.0 Å². The first kappa shape index (κ1) is 16.1. The molecule has 0 saturated heterocycles. The highest BCUT2D eigenvalue weighted by Crippen LogP contribution is 2.26. The molecule has 0 aliphatic carbocycles. The monoisotopic (exact) mass is 319 g/mol. The summed E-state index contributed by atoms with van der Waals surface area (Å²) < 4.78 is 6.02. The number of amides is 1. The largest absolute Gasteiger partial charge is 0.480 e. The van der Waals surface area contributed by atoms with Gasteiger partial charge in [0.1, 0.15) is 5.75 Å². The number of rotatable bonds is 6. The molecule has 3 nitrogen and oxygen atoms in total. The topological polar surface area (TPSA) is 38.3 Å². The van der Waals surface area contributed by atoms with Crippen molar-refractivity contribution in [3.05, 3.63) is 78.4 Å². The first-order valence-corrected chi connectivity index (χ1v) is 8.24. The molecule has 0 bridgehead atoms. The summed E-state index contributed by atoms with van der Waals surface area (Å²) in [6, 6.07) is 23.8. The molecule has 24 heavy (non-hydrogen) atoms. The molecule has 0 radical (unpaired) electrons. The van der Waals surface area contributed by atoms with Crippen LogP contribution < -0.4 is 10.1 Å². The lowest BCUT2D eigenvalue weighted by Gasteiger charge is -2.18. The predicted molar refractivity (Wildman–Crippen MR) is 96.9 cm³/mol. The van der Waals surface area contributed by atoms with Crippen LogP contribution in [0.15, 0.2) is 72.8 Å². The maximum atomic E-state index is 12.5. The quantitative estimate of drug-likeness (QED) is 0.735. The van der Waals surface area contributed by atoms with E-state index in [0.29, 0.717) is 13.0 Å². The Balaban J connectivity index is 1.70. The number of nitrogens with one attached hydrogen (secondary N) is 1. The molecule has 0 saturated carbocycles. The summed E-state index contributed by atoms with van der Waals surface area (Å²) in [6.45, 7) is 2.47. The van der Waals surface area contributed by atoms with Crippen molar-refractivity contribution in [3.63, 3.8) is 0 Å². The van der Waals surface area contributed by atoms with Gasteiger partial charge in [0.05, 0.1) is 0 Å². The molecule has 122 valence electrons. The fraction of sp³-hybridized carbons (Fsp3) is 0.190. The fourth-order valence-corrected chi connectivity index (χ4v) is 2.67. The Morgan fingerprint density at radius 3 is 2.46 bits per heavy atom. The van der Waals surface area contributed by atoms with Gasteiger partial charge in [0.25, 0.3) is 5.91 Å². The van der Waals surface area contributed by atoms with E-state index in [2.05, 4.69) is 5.32 Å². The molecule has 0 unspecified atom stereocenters. The number of fused-ring (bicyclic) bond motifs is 1. The van der Waals surface area contributed by atoms with E-state index in [0.717, 1.165) is 22.1 Å². The van der Waals surface area contributed by atoms with Crippen molar-refractivity contribution in [2.75, 3.05) is 0 Å². The van der Waals surface area contributed by atoms with Gasteiger partial charge >= 0.3 is 0 Å². The first-order valence-electron chi connectivity index (χ1n) is 8.24. The van der Waals surface area contributed by atoms with Crippen LogP contribution >= 0.6 is 0 Å². The van der Waals surface area contributed by atoms with E-state index in [4.69, 9.17) is 4.74 Å². The zero-order valence-electron chi connectivity index (χ0n) is 13.7. The van der Waals surface area contributed by atoms with Gasteiger partial charge in [-0.2, -0.15) is 0 Å². The minimum Gasteiger partial charge on any atom is -0.480 e. The summed E-state index contributed by atoms with van der Waals surface area (Å²) in [7, 11) is 0. The zero-order valence-corrected chi connectivity index (χ0v) is 13.7. The van der Waals surface area contributed by atoms with E-state index < -0.39 is 6.10 Å². The molecule has 1 atom stereocenters. The van der Waals surface area contributed by atoms with Gasteiger partial charge < -0.3 is 10.1 Å². The molecule has 3 heteroatoms. The van der Waals surface area contributed by atoms with Crippen LogP contribution in [0.1, 0.15) is 18.9 Å². The highest BCUT2D eigenvalue weighted by molar-refractivity contribution is 5.89. The Kier molecular flexibility index (Phi) is 5.12. The third-order valence-corrected chi connectivity index (χ3v) is 3.99. The van der Waals surface area contributed by atoms with E-state index in [9.17, 15) is 4.79 Å². The number of ether oxygens (including phenoxy) is 1. The maximum absolute atomic E-state index is 12.5. The molecule has 3 aromatic rings. The lowest BCUT2D eigenvalue weighted by molar-refractivity contribution is -0.128. The van der Waals surface area contributed by atoms with Crippen molar-refractivity contribution in [3.8, 4) is 5.75 Å². The molecule has 3 rings (SSSR count). The van der Waals surface area contributed by atoms with Gasteiger partial charge in [-0.1, -0.05) is 73.7 Å². The lowest BCUT2D eigenvalue weighted by Crippen LogP contribution is -2.37. The minimum absolute atomic E-state index is 0.0886. The Hall–Kier alpha value is -2.81. The van der Waals surface area contributed by atoms with E-state index in [1.807, 2.05) is 79.7 Å². The summed E-state index contributed by atoms with van der Waals surface area (Å²) in [5, 5.41) is 5.08. The standard InChI is InChI=1S/C21H21NO2/c1-2-19(21(23)22-15-16-9-4-3-5-10-16)24-20-14-8-12-17-11-6-7-13-18(17)20/h3-14,19H,2,15H2,1H3,(H,22,23)/t19-/m1/s1. The van der Waals surface area contributed by atoms with E-state index >= 15 is 0 Å². The smallest absolute Gasteiger partial charge is 0.261 e. The van der Waals surface area contributed by atoms with Crippen molar-refractivity contribution in [2.24, 2.45) is 0 Å². The second-order valence-corrected chi connectivity index (χ2v) is 5.70.